The number of allylic oxidation sites excluding steroid dienone is 1. The Hall–Kier alpha value is -0.340. The Morgan fingerprint density at radius 1 is 1.04 bits per heavy atom. The quantitative estimate of drug-likeness (QED) is 0.707. The summed E-state index contributed by atoms with van der Waals surface area (Å²) in [6.45, 7) is 6.98. The normalized spacial score (nSPS) is 53.8. The van der Waals surface area contributed by atoms with E-state index in [9.17, 15) is 10.2 Å². The van der Waals surface area contributed by atoms with Crippen molar-refractivity contribution in [2.45, 2.75) is 84.3 Å². The van der Waals surface area contributed by atoms with Crippen molar-refractivity contribution < 1.29 is 10.2 Å². The molecule has 0 bridgehead atoms. The number of aliphatic hydroxyl groups is 2. The van der Waals surface area contributed by atoms with Gasteiger partial charge in [-0.25, -0.2) is 0 Å². The van der Waals surface area contributed by atoms with Crippen molar-refractivity contribution in [1.82, 2.24) is 0 Å². The number of hydrogen-bond donors (Lipinski definition) is 2. The molecule has 0 spiro atoms. The van der Waals surface area contributed by atoms with E-state index in [2.05, 4.69) is 19.9 Å². The minimum absolute atomic E-state index is 0.152. The summed E-state index contributed by atoms with van der Waals surface area (Å²) < 4.78 is 0. The number of rotatable bonds is 1. The van der Waals surface area contributed by atoms with E-state index in [0.717, 1.165) is 24.2 Å². The Labute approximate surface area is 141 Å². The van der Waals surface area contributed by atoms with Crippen LogP contribution in [0, 0.1) is 34.5 Å². The number of fused-ring (bicyclic) bond motifs is 5. The van der Waals surface area contributed by atoms with Crippen LogP contribution >= 0.6 is 0 Å². The minimum atomic E-state index is -0.199. The lowest BCUT2D eigenvalue weighted by Gasteiger charge is -2.58. The highest BCUT2D eigenvalue weighted by Gasteiger charge is 2.59. The summed E-state index contributed by atoms with van der Waals surface area (Å²) >= 11 is 0. The third kappa shape index (κ3) is 2.20. The Bertz CT molecular complexity index is 510. The van der Waals surface area contributed by atoms with Crippen LogP contribution in [0.2, 0.25) is 0 Å². The molecule has 3 unspecified atom stereocenters. The molecule has 2 N–H and O–H groups in total. The molecule has 0 saturated heterocycles. The van der Waals surface area contributed by atoms with Gasteiger partial charge in [0.2, 0.25) is 0 Å². The lowest BCUT2D eigenvalue weighted by Crippen LogP contribution is -2.51. The molecule has 0 aromatic carbocycles. The molecule has 3 saturated carbocycles. The van der Waals surface area contributed by atoms with Gasteiger partial charge in [0.25, 0.3) is 0 Å². The summed E-state index contributed by atoms with van der Waals surface area (Å²) in [4.78, 5) is 0. The van der Waals surface area contributed by atoms with Crippen LogP contribution in [0.3, 0.4) is 0 Å². The molecule has 130 valence electrons. The van der Waals surface area contributed by atoms with Gasteiger partial charge in [-0.1, -0.05) is 25.5 Å². The van der Waals surface area contributed by atoms with Crippen LogP contribution in [-0.2, 0) is 0 Å². The average molecular weight is 319 g/mol. The molecule has 2 nitrogen and oxygen atoms in total. The summed E-state index contributed by atoms with van der Waals surface area (Å²) in [7, 11) is 0. The molecule has 4 aliphatic rings. The lowest BCUT2D eigenvalue weighted by atomic mass is 9.46. The summed E-state index contributed by atoms with van der Waals surface area (Å²) in [6.07, 6.45) is 11.6. The van der Waals surface area contributed by atoms with E-state index in [1.54, 1.807) is 5.57 Å². The Morgan fingerprint density at radius 2 is 1.83 bits per heavy atom. The summed E-state index contributed by atoms with van der Waals surface area (Å²) in [5.74, 6) is 2.97. The molecule has 23 heavy (non-hydrogen) atoms. The molecule has 0 heterocycles. The van der Waals surface area contributed by atoms with Gasteiger partial charge in [-0.05, 0) is 92.8 Å². The molecule has 0 radical (unpaired) electrons. The van der Waals surface area contributed by atoms with Crippen LogP contribution in [0.1, 0.15) is 72.1 Å². The fourth-order valence-electron chi connectivity index (χ4n) is 7.54. The van der Waals surface area contributed by atoms with Gasteiger partial charge in [0.05, 0.1) is 12.2 Å². The first-order valence-corrected chi connectivity index (χ1v) is 9.93. The Morgan fingerprint density at radius 3 is 2.57 bits per heavy atom. The van der Waals surface area contributed by atoms with Crippen molar-refractivity contribution >= 4 is 0 Å². The van der Waals surface area contributed by atoms with E-state index < -0.39 is 0 Å². The second-order valence-electron chi connectivity index (χ2n) is 9.60. The monoisotopic (exact) mass is 318 g/mol. The zero-order chi connectivity index (χ0) is 16.4. The predicted octanol–water partition coefficient (Wildman–Crippen LogP) is 4.31. The highest BCUT2D eigenvalue weighted by atomic mass is 16.3. The molecule has 8 atom stereocenters. The van der Waals surface area contributed by atoms with Gasteiger partial charge in [0.15, 0.2) is 0 Å². The molecule has 2 heteroatoms. The molecule has 0 aromatic heterocycles. The summed E-state index contributed by atoms with van der Waals surface area (Å²) in [6, 6.07) is 0. The van der Waals surface area contributed by atoms with Crippen molar-refractivity contribution in [3.05, 3.63) is 11.6 Å². The molecule has 0 aromatic rings. The summed E-state index contributed by atoms with van der Waals surface area (Å²) in [5.41, 5.74) is 2.26. The van der Waals surface area contributed by atoms with Gasteiger partial charge in [0.1, 0.15) is 0 Å². The van der Waals surface area contributed by atoms with Crippen LogP contribution in [0.15, 0.2) is 11.6 Å². The predicted molar refractivity (Wildman–Crippen MR) is 92.9 cm³/mol. The maximum absolute atomic E-state index is 10.3. The average Bonchev–Trinajstić information content (AvgIpc) is 2.85. The van der Waals surface area contributed by atoms with Gasteiger partial charge in [-0.15, -0.1) is 0 Å². The molecular formula is C21H34O2. The van der Waals surface area contributed by atoms with Gasteiger partial charge < -0.3 is 10.2 Å². The molecule has 3 fully saturated rings. The fourth-order valence-corrected chi connectivity index (χ4v) is 7.54. The van der Waals surface area contributed by atoms with E-state index in [4.69, 9.17) is 0 Å². The SMILES string of the molecule is C[C@@H](O)[C@H]1CCC2C3CCC4=C[C@@H](O)CC[C@]4(C)C3CC[C@@]21C. The first-order valence-electron chi connectivity index (χ1n) is 9.93. The van der Waals surface area contributed by atoms with Crippen LogP contribution in [-0.4, -0.2) is 22.4 Å². The first-order chi connectivity index (χ1) is 10.9. The second-order valence-corrected chi connectivity index (χ2v) is 9.60. The van der Waals surface area contributed by atoms with Crippen molar-refractivity contribution in [1.29, 1.82) is 0 Å². The van der Waals surface area contributed by atoms with Gasteiger partial charge >= 0.3 is 0 Å². The first kappa shape index (κ1) is 16.1. The highest BCUT2D eigenvalue weighted by molar-refractivity contribution is 5.25. The van der Waals surface area contributed by atoms with Crippen molar-refractivity contribution in [2.24, 2.45) is 34.5 Å². The maximum atomic E-state index is 10.3. The number of aliphatic hydroxyl groups excluding tert-OH is 2. The van der Waals surface area contributed by atoms with E-state index in [1.165, 1.54) is 44.9 Å². The maximum Gasteiger partial charge on any atom is 0.0724 e. The van der Waals surface area contributed by atoms with Gasteiger partial charge in [0, 0.05) is 0 Å². The molecule has 0 amide bonds. The van der Waals surface area contributed by atoms with E-state index >= 15 is 0 Å². The third-order valence-electron chi connectivity index (χ3n) is 8.74. The van der Waals surface area contributed by atoms with Crippen LogP contribution in [0.4, 0.5) is 0 Å². The molecule has 4 rings (SSSR count). The van der Waals surface area contributed by atoms with Crippen LogP contribution in [0.25, 0.3) is 0 Å². The molecule has 0 aliphatic heterocycles. The standard InChI is InChI=1S/C21H34O2/c1-13(22)17-6-7-18-16-5-4-14-12-15(23)8-10-20(14,2)19(16)9-11-21(17,18)3/h12-13,15-19,22-23H,4-11H2,1-3H3/t13-,15+,16?,17-,18?,19?,20+,21-/m1/s1. The zero-order valence-corrected chi connectivity index (χ0v) is 15.1. The van der Waals surface area contributed by atoms with Crippen molar-refractivity contribution in [3.63, 3.8) is 0 Å². The number of hydrogen-bond acceptors (Lipinski definition) is 2. The van der Waals surface area contributed by atoms with Crippen molar-refractivity contribution in [3.8, 4) is 0 Å². The minimum Gasteiger partial charge on any atom is -0.393 e. The Kier molecular flexibility index (Phi) is 3.74. The lowest BCUT2D eigenvalue weighted by molar-refractivity contribution is -0.0725. The van der Waals surface area contributed by atoms with Crippen LogP contribution in [0.5, 0.6) is 0 Å². The van der Waals surface area contributed by atoms with Crippen molar-refractivity contribution in [2.75, 3.05) is 0 Å². The summed E-state index contributed by atoms with van der Waals surface area (Å²) in [5, 5.41) is 20.3. The highest BCUT2D eigenvalue weighted by Crippen LogP contribution is 2.67. The molecular weight excluding hydrogens is 284 g/mol. The van der Waals surface area contributed by atoms with Gasteiger partial charge in [-0.2, -0.15) is 0 Å². The van der Waals surface area contributed by atoms with E-state index in [-0.39, 0.29) is 12.2 Å². The Balaban J connectivity index is 1.64. The smallest absolute Gasteiger partial charge is 0.0724 e. The fraction of sp³-hybridized carbons (Fsp3) is 0.905. The third-order valence-corrected chi connectivity index (χ3v) is 8.74. The molecule has 4 aliphatic carbocycles. The topological polar surface area (TPSA) is 40.5 Å². The van der Waals surface area contributed by atoms with E-state index in [1.807, 2.05) is 6.92 Å². The zero-order valence-electron chi connectivity index (χ0n) is 15.1. The second kappa shape index (κ2) is 5.33. The van der Waals surface area contributed by atoms with Gasteiger partial charge in [-0.3, -0.25) is 0 Å². The van der Waals surface area contributed by atoms with Crippen LogP contribution < -0.4 is 0 Å². The van der Waals surface area contributed by atoms with E-state index in [0.29, 0.717) is 16.7 Å². The largest absolute Gasteiger partial charge is 0.393 e.